The van der Waals surface area contributed by atoms with Crippen LogP contribution in [0, 0.1) is 15.5 Å². The maximum Gasteiger partial charge on any atom is 0.416 e. The maximum absolute atomic E-state index is 13.4. The number of imide groups is 1. The van der Waals surface area contributed by atoms with Gasteiger partial charge in [-0.05, 0) is 18.6 Å². The molecule has 0 bridgehead atoms. The van der Waals surface area contributed by atoms with Gasteiger partial charge < -0.3 is 15.4 Å². The predicted octanol–water partition coefficient (Wildman–Crippen LogP) is 0.420. The summed E-state index contributed by atoms with van der Waals surface area (Å²) in [6.07, 6.45) is -8.70. The molecule has 3 amide bonds. The number of nitro benzene ring substituents is 1. The van der Waals surface area contributed by atoms with Gasteiger partial charge in [0.1, 0.15) is 0 Å². The van der Waals surface area contributed by atoms with E-state index in [1.54, 1.807) is 0 Å². The zero-order valence-corrected chi connectivity index (χ0v) is 15.5. The minimum absolute atomic E-state index is 0.0210. The predicted molar refractivity (Wildman–Crippen MR) is 94.2 cm³/mol. The summed E-state index contributed by atoms with van der Waals surface area (Å²) in [6, 6.07) is 2.17. The molecule has 1 aromatic rings. The monoisotopic (exact) mass is 430 g/mol. The number of nitrogens with one attached hydrogen (secondary N) is 1. The van der Waals surface area contributed by atoms with E-state index in [1.165, 1.54) is 13.0 Å². The van der Waals surface area contributed by atoms with Gasteiger partial charge in [0.25, 0.3) is 5.69 Å². The number of hydrogen-bond donors (Lipinski definition) is 2. The van der Waals surface area contributed by atoms with Crippen LogP contribution in [-0.2, 0) is 25.5 Å². The number of halogens is 3. The number of non-ortho nitro benzene ring substituents is 1. The molecular weight excluding hydrogens is 413 g/mol. The molecule has 3 N–H and O–H groups in total. The Balaban J connectivity index is 2.24. The normalized spacial score (nSPS) is 28.1. The van der Waals surface area contributed by atoms with Crippen LogP contribution in [0.2, 0.25) is 0 Å². The summed E-state index contributed by atoms with van der Waals surface area (Å²) in [7, 11) is 0. The molecule has 13 heteroatoms. The highest BCUT2D eigenvalue weighted by molar-refractivity contribution is 6.09. The summed E-state index contributed by atoms with van der Waals surface area (Å²) in [5.74, 6) is -2.33. The Labute approximate surface area is 167 Å². The fraction of sp³-hybridized carbons (Fsp3) is 0.471. The van der Waals surface area contributed by atoms with Gasteiger partial charge in [-0.15, -0.1) is 0 Å². The van der Waals surface area contributed by atoms with Crippen molar-refractivity contribution in [1.29, 1.82) is 0 Å². The second-order valence-corrected chi connectivity index (χ2v) is 7.14. The molecule has 30 heavy (non-hydrogen) atoms. The highest BCUT2D eigenvalue weighted by Crippen LogP contribution is 2.47. The topological polar surface area (TPSA) is 145 Å². The molecule has 162 valence electrons. The molecule has 1 unspecified atom stereocenters. The lowest BCUT2D eigenvalue weighted by Gasteiger charge is -2.54. The van der Waals surface area contributed by atoms with Crippen molar-refractivity contribution in [3.63, 3.8) is 0 Å². The number of amides is 3. The Kier molecular flexibility index (Phi) is 5.18. The molecule has 1 fully saturated rings. The van der Waals surface area contributed by atoms with Crippen molar-refractivity contribution in [2.24, 2.45) is 11.1 Å². The van der Waals surface area contributed by atoms with E-state index >= 15 is 0 Å². The highest BCUT2D eigenvalue weighted by atomic mass is 19.4. The van der Waals surface area contributed by atoms with Gasteiger partial charge in [0.05, 0.1) is 23.6 Å². The number of carbonyl (C=O) groups excluding carboxylic acids is 3. The van der Waals surface area contributed by atoms with E-state index in [9.17, 15) is 37.7 Å². The minimum atomic E-state index is -4.74. The van der Waals surface area contributed by atoms with Crippen LogP contribution >= 0.6 is 0 Å². The smallest absolute Gasteiger partial charge is 0.369 e. The lowest BCUT2D eigenvalue weighted by Crippen LogP contribution is -2.72. The van der Waals surface area contributed by atoms with Crippen LogP contribution in [0.3, 0.4) is 0 Å². The van der Waals surface area contributed by atoms with E-state index in [4.69, 9.17) is 10.5 Å². The number of carbonyl (C=O) groups is 3. The number of primary amides is 1. The first-order chi connectivity index (χ1) is 13.9. The number of anilines is 1. The van der Waals surface area contributed by atoms with Gasteiger partial charge in [-0.1, -0.05) is 0 Å². The molecule has 3 rings (SSSR count). The zero-order valence-electron chi connectivity index (χ0n) is 15.5. The van der Waals surface area contributed by atoms with Crippen LogP contribution in [0.25, 0.3) is 0 Å². The van der Waals surface area contributed by atoms with E-state index in [2.05, 4.69) is 0 Å². The van der Waals surface area contributed by atoms with Crippen molar-refractivity contribution >= 4 is 29.6 Å². The van der Waals surface area contributed by atoms with Crippen molar-refractivity contribution in [3.8, 4) is 0 Å². The fourth-order valence-electron chi connectivity index (χ4n) is 4.27. The lowest BCUT2D eigenvalue weighted by atomic mass is 9.67. The molecule has 10 nitrogen and oxygen atoms in total. The molecule has 0 aliphatic carbocycles. The number of benzene rings is 1. The average Bonchev–Trinajstić information content (AvgIpc) is 2.65. The number of ether oxygens (including phenoxy) is 1. The number of fused-ring (bicyclic) bond motifs is 3. The van der Waals surface area contributed by atoms with Crippen LogP contribution in [0.1, 0.15) is 12.5 Å². The van der Waals surface area contributed by atoms with E-state index in [0.717, 1.165) is 17.0 Å². The third kappa shape index (κ3) is 3.24. The maximum atomic E-state index is 13.4. The molecule has 0 spiro atoms. The van der Waals surface area contributed by atoms with Crippen molar-refractivity contribution in [2.75, 3.05) is 11.4 Å². The van der Waals surface area contributed by atoms with Crippen molar-refractivity contribution < 1.29 is 37.2 Å². The molecule has 2 aliphatic rings. The van der Waals surface area contributed by atoms with Crippen LogP contribution in [0.15, 0.2) is 18.2 Å². The third-order valence-electron chi connectivity index (χ3n) is 5.48. The minimum Gasteiger partial charge on any atom is -0.369 e. The summed E-state index contributed by atoms with van der Waals surface area (Å²) in [5.41, 5.74) is 3.21. The highest BCUT2D eigenvalue weighted by Gasteiger charge is 2.62. The summed E-state index contributed by atoms with van der Waals surface area (Å²) >= 11 is 0. The number of hydrogen-bond acceptors (Lipinski definition) is 7. The molecule has 0 saturated carbocycles. The summed E-state index contributed by atoms with van der Waals surface area (Å²) in [5, 5.41) is 13.0. The van der Waals surface area contributed by atoms with E-state index < -0.39 is 59.5 Å². The number of nitrogens with zero attached hydrogens (tertiary/aromatic N) is 2. The first kappa shape index (κ1) is 21.5. The van der Waals surface area contributed by atoms with Crippen molar-refractivity contribution in [2.45, 2.75) is 37.8 Å². The number of morpholine rings is 1. The van der Waals surface area contributed by atoms with Gasteiger partial charge in [-0.3, -0.25) is 29.8 Å². The summed E-state index contributed by atoms with van der Waals surface area (Å²) < 4.78 is 45.3. The molecule has 4 atom stereocenters. The number of rotatable bonds is 4. The van der Waals surface area contributed by atoms with E-state index in [0.29, 0.717) is 0 Å². The van der Waals surface area contributed by atoms with Gasteiger partial charge in [-0.2, -0.15) is 13.2 Å². The Morgan fingerprint density at radius 1 is 1.43 bits per heavy atom. The molecular formula is C17H17F3N4O6. The van der Waals surface area contributed by atoms with E-state index in [-0.39, 0.29) is 23.3 Å². The number of alkyl halides is 3. The van der Waals surface area contributed by atoms with Gasteiger partial charge >= 0.3 is 6.18 Å². The summed E-state index contributed by atoms with van der Waals surface area (Å²) in [4.78, 5) is 47.7. The first-order valence-electron chi connectivity index (χ1n) is 8.74. The number of nitrogens with two attached hydrogens (primary N) is 1. The van der Waals surface area contributed by atoms with E-state index in [1.807, 2.05) is 5.32 Å². The Morgan fingerprint density at radius 3 is 2.63 bits per heavy atom. The SMILES string of the molecule is C[C@@H]1O[C@H](C(F)(F)F)CN2c3ccc([N+](=O)[O-])cc3C[C@](C(N)=O)(C(=O)NC=O)C12. The zero-order chi connectivity index (χ0) is 22.4. The van der Waals surface area contributed by atoms with Crippen molar-refractivity contribution in [3.05, 3.63) is 33.9 Å². The Hall–Kier alpha value is -3.22. The molecule has 2 heterocycles. The van der Waals surface area contributed by atoms with Crippen molar-refractivity contribution in [1.82, 2.24) is 5.32 Å². The van der Waals surface area contributed by atoms with Crippen LogP contribution < -0.4 is 16.0 Å². The molecule has 0 aromatic heterocycles. The quantitative estimate of drug-likeness (QED) is 0.305. The largest absolute Gasteiger partial charge is 0.416 e. The third-order valence-corrected chi connectivity index (χ3v) is 5.48. The van der Waals surface area contributed by atoms with Crippen LogP contribution in [0.4, 0.5) is 24.5 Å². The van der Waals surface area contributed by atoms with Gasteiger partial charge in [0, 0.05) is 24.2 Å². The Morgan fingerprint density at radius 2 is 2.10 bits per heavy atom. The molecule has 1 aromatic carbocycles. The van der Waals surface area contributed by atoms with Crippen LogP contribution in [-0.4, -0.2) is 54.1 Å². The standard InChI is InChI=1S/C17H17F3N4O6/c1-8-13-16(14(21)26,15(27)22-7-25)5-9-4-10(24(28)29)2-3-11(9)23(13)6-12(30-8)17(18,19)20/h2-4,7-8,12-13H,5-6H2,1H3,(H2,21,26)(H,22,25,27)/t8-,12-,13?,16-/m0/s1. The summed E-state index contributed by atoms with van der Waals surface area (Å²) in [6.45, 7) is 0.491. The van der Waals surface area contributed by atoms with Gasteiger partial charge in [0.2, 0.25) is 18.2 Å². The average molecular weight is 430 g/mol. The molecule has 1 saturated heterocycles. The number of nitro groups is 1. The molecule has 0 radical (unpaired) electrons. The lowest BCUT2D eigenvalue weighted by molar-refractivity contribution is -0.384. The molecule has 2 aliphatic heterocycles. The second-order valence-electron chi connectivity index (χ2n) is 7.14. The second kappa shape index (κ2) is 7.23. The fourth-order valence-corrected chi connectivity index (χ4v) is 4.27. The Bertz CT molecular complexity index is 923. The van der Waals surface area contributed by atoms with Crippen LogP contribution in [0.5, 0.6) is 0 Å². The van der Waals surface area contributed by atoms with Gasteiger partial charge in [-0.25, -0.2) is 0 Å². The first-order valence-corrected chi connectivity index (χ1v) is 8.74. The van der Waals surface area contributed by atoms with Gasteiger partial charge in [0.15, 0.2) is 11.5 Å².